The quantitative estimate of drug-likeness (QED) is 0.637. The van der Waals surface area contributed by atoms with E-state index in [-0.39, 0.29) is 29.0 Å². The van der Waals surface area contributed by atoms with Crippen LogP contribution >= 0.6 is 0 Å². The van der Waals surface area contributed by atoms with Crippen LogP contribution in [0.1, 0.15) is 12.5 Å². The Morgan fingerprint density at radius 3 is 2.85 bits per heavy atom. The van der Waals surface area contributed by atoms with Gasteiger partial charge < -0.3 is 10.6 Å². The lowest BCUT2D eigenvalue weighted by atomic mass is 9.97. The van der Waals surface area contributed by atoms with E-state index >= 15 is 0 Å². The summed E-state index contributed by atoms with van der Waals surface area (Å²) in [6.07, 6.45) is 0. The number of nitrogens with zero attached hydrogens (tertiary/aromatic N) is 2. The topological polar surface area (TPSA) is 108 Å². The van der Waals surface area contributed by atoms with Crippen molar-refractivity contribution < 1.29 is 9.72 Å². The van der Waals surface area contributed by atoms with Crippen LogP contribution in [0, 0.1) is 33.3 Å². The van der Waals surface area contributed by atoms with Gasteiger partial charge in [-0.15, -0.1) is 0 Å². The predicted octanol–water partition coefficient (Wildman–Crippen LogP) is 1.26. The Morgan fingerprint density at radius 2 is 2.30 bits per heavy atom. The van der Waals surface area contributed by atoms with E-state index in [1.807, 2.05) is 13.0 Å². The number of hydrogen-bond donors (Lipinski definition) is 2. The van der Waals surface area contributed by atoms with Gasteiger partial charge in [0, 0.05) is 18.7 Å². The Morgan fingerprint density at radius 1 is 1.55 bits per heavy atom. The highest BCUT2D eigenvalue weighted by molar-refractivity contribution is 5.94. The average Bonchev–Trinajstić information content (AvgIpc) is 2.85. The molecule has 1 saturated heterocycles. The van der Waals surface area contributed by atoms with Gasteiger partial charge in [0.2, 0.25) is 5.91 Å². The fraction of sp³-hybridized carbons (Fsp3) is 0.385. The summed E-state index contributed by atoms with van der Waals surface area (Å²) in [6, 6.07) is 5.68. The second-order valence-corrected chi connectivity index (χ2v) is 4.83. The number of hydrogen-bond acceptors (Lipinski definition) is 5. The van der Waals surface area contributed by atoms with Crippen LogP contribution in [0.2, 0.25) is 0 Å². The first-order chi connectivity index (χ1) is 9.52. The zero-order chi connectivity index (χ0) is 14.7. The van der Waals surface area contributed by atoms with Crippen LogP contribution in [-0.2, 0) is 4.79 Å². The number of rotatable bonds is 3. The van der Waals surface area contributed by atoms with Gasteiger partial charge in [-0.25, -0.2) is 0 Å². The minimum absolute atomic E-state index is 0.0890. The van der Waals surface area contributed by atoms with Gasteiger partial charge in [0.1, 0.15) is 6.07 Å². The molecule has 2 N–H and O–H groups in total. The molecule has 20 heavy (non-hydrogen) atoms. The number of nitriles is 1. The third-order valence-corrected chi connectivity index (χ3v) is 3.45. The molecule has 2 rings (SSSR count). The van der Waals surface area contributed by atoms with Crippen molar-refractivity contribution in [2.75, 3.05) is 18.4 Å². The maximum Gasteiger partial charge on any atom is 0.270 e. The first kappa shape index (κ1) is 14.0. The minimum Gasteiger partial charge on any atom is -0.325 e. The number of nitrogens with one attached hydrogen (secondary N) is 2. The van der Waals surface area contributed by atoms with E-state index in [0.717, 1.165) is 12.6 Å². The molecular formula is C13H14N4O3. The molecule has 7 heteroatoms. The fourth-order valence-electron chi connectivity index (χ4n) is 2.23. The second kappa shape index (κ2) is 5.67. The molecule has 0 saturated carbocycles. The average molecular weight is 274 g/mol. The van der Waals surface area contributed by atoms with E-state index < -0.39 is 4.92 Å². The summed E-state index contributed by atoms with van der Waals surface area (Å²) in [7, 11) is 0. The number of carbonyl (C=O) groups is 1. The summed E-state index contributed by atoms with van der Waals surface area (Å²) < 4.78 is 0. The molecule has 7 nitrogen and oxygen atoms in total. The van der Waals surface area contributed by atoms with E-state index in [1.54, 1.807) is 0 Å². The van der Waals surface area contributed by atoms with Crippen LogP contribution in [0.4, 0.5) is 11.4 Å². The van der Waals surface area contributed by atoms with Crippen molar-refractivity contribution in [2.24, 2.45) is 11.8 Å². The molecule has 1 heterocycles. The second-order valence-electron chi connectivity index (χ2n) is 4.83. The van der Waals surface area contributed by atoms with Crippen molar-refractivity contribution in [1.82, 2.24) is 5.32 Å². The normalized spacial score (nSPS) is 21.2. The number of benzene rings is 1. The third-order valence-electron chi connectivity index (χ3n) is 3.45. The first-order valence-electron chi connectivity index (χ1n) is 6.23. The highest BCUT2D eigenvalue weighted by Gasteiger charge is 2.30. The van der Waals surface area contributed by atoms with E-state index in [4.69, 9.17) is 5.26 Å². The number of carbonyl (C=O) groups excluding carboxylic acids is 1. The van der Waals surface area contributed by atoms with Gasteiger partial charge in [0.05, 0.1) is 22.1 Å². The molecule has 1 aromatic carbocycles. The third kappa shape index (κ3) is 2.75. The Hall–Kier alpha value is -2.46. The smallest absolute Gasteiger partial charge is 0.270 e. The molecule has 1 aliphatic rings. The molecule has 0 bridgehead atoms. The lowest BCUT2D eigenvalue weighted by Gasteiger charge is -2.14. The molecule has 0 aliphatic carbocycles. The molecule has 0 unspecified atom stereocenters. The van der Waals surface area contributed by atoms with Crippen LogP contribution in [0.3, 0.4) is 0 Å². The van der Waals surface area contributed by atoms with Crippen LogP contribution in [0.15, 0.2) is 18.2 Å². The Bertz CT molecular complexity index is 594. The Balaban J connectivity index is 2.19. The van der Waals surface area contributed by atoms with Crippen LogP contribution in [0.5, 0.6) is 0 Å². The van der Waals surface area contributed by atoms with E-state index in [0.29, 0.717) is 12.2 Å². The van der Waals surface area contributed by atoms with Gasteiger partial charge in [-0.05, 0) is 18.5 Å². The monoisotopic (exact) mass is 274 g/mol. The number of nitro groups is 1. The van der Waals surface area contributed by atoms with Crippen molar-refractivity contribution in [3.05, 3.63) is 33.9 Å². The van der Waals surface area contributed by atoms with Gasteiger partial charge in [0.15, 0.2) is 0 Å². The molecule has 0 aromatic heterocycles. The first-order valence-corrected chi connectivity index (χ1v) is 6.23. The standard InChI is InChI=1S/C13H14N4O3/c1-8-6-15-7-11(8)13(18)16-12-3-2-10(17(19)20)4-9(12)5-14/h2-4,8,11,15H,6-7H2,1H3,(H,16,18)/t8-,11-/m1/s1. The van der Waals surface area contributed by atoms with Crippen molar-refractivity contribution in [3.63, 3.8) is 0 Å². The zero-order valence-electron chi connectivity index (χ0n) is 10.9. The van der Waals surface area contributed by atoms with Crippen molar-refractivity contribution >= 4 is 17.3 Å². The highest BCUT2D eigenvalue weighted by Crippen LogP contribution is 2.23. The van der Waals surface area contributed by atoms with Crippen LogP contribution < -0.4 is 10.6 Å². The predicted molar refractivity (Wildman–Crippen MR) is 72.0 cm³/mol. The summed E-state index contributed by atoms with van der Waals surface area (Å²) >= 11 is 0. The maximum absolute atomic E-state index is 12.1. The summed E-state index contributed by atoms with van der Waals surface area (Å²) in [5.74, 6) is -0.108. The maximum atomic E-state index is 12.1. The molecular weight excluding hydrogens is 260 g/mol. The fourth-order valence-corrected chi connectivity index (χ4v) is 2.23. The summed E-state index contributed by atoms with van der Waals surface area (Å²) in [6.45, 7) is 3.36. The van der Waals surface area contributed by atoms with Crippen molar-refractivity contribution in [3.8, 4) is 6.07 Å². The van der Waals surface area contributed by atoms with Gasteiger partial charge in [-0.1, -0.05) is 6.92 Å². The molecule has 0 radical (unpaired) electrons. The van der Waals surface area contributed by atoms with Crippen LogP contribution in [0.25, 0.3) is 0 Å². The molecule has 2 atom stereocenters. The zero-order valence-corrected chi connectivity index (χ0v) is 10.9. The number of nitro benzene ring substituents is 1. The largest absolute Gasteiger partial charge is 0.325 e. The van der Waals surface area contributed by atoms with Crippen molar-refractivity contribution in [1.29, 1.82) is 5.26 Å². The minimum atomic E-state index is -0.574. The molecule has 0 spiro atoms. The summed E-state index contributed by atoms with van der Waals surface area (Å²) in [4.78, 5) is 22.2. The summed E-state index contributed by atoms with van der Waals surface area (Å²) in [5, 5.41) is 25.5. The van der Waals surface area contributed by atoms with E-state index in [1.165, 1.54) is 12.1 Å². The number of amides is 1. The highest BCUT2D eigenvalue weighted by atomic mass is 16.6. The Labute approximate surface area is 115 Å². The number of anilines is 1. The molecule has 1 aliphatic heterocycles. The number of non-ortho nitro benzene ring substituents is 1. The molecule has 1 fully saturated rings. The van der Waals surface area contributed by atoms with Gasteiger partial charge in [-0.3, -0.25) is 14.9 Å². The van der Waals surface area contributed by atoms with Gasteiger partial charge in [-0.2, -0.15) is 5.26 Å². The van der Waals surface area contributed by atoms with Crippen LogP contribution in [-0.4, -0.2) is 23.9 Å². The van der Waals surface area contributed by atoms with Gasteiger partial charge in [0.25, 0.3) is 5.69 Å². The SMILES string of the molecule is C[C@@H]1CNC[C@H]1C(=O)Nc1ccc([N+](=O)[O-])cc1C#N. The lowest BCUT2D eigenvalue weighted by molar-refractivity contribution is -0.384. The Kier molecular flexibility index (Phi) is 3.96. The molecule has 104 valence electrons. The van der Waals surface area contributed by atoms with Gasteiger partial charge >= 0.3 is 0 Å². The van der Waals surface area contributed by atoms with E-state index in [2.05, 4.69) is 10.6 Å². The van der Waals surface area contributed by atoms with E-state index in [9.17, 15) is 14.9 Å². The van der Waals surface area contributed by atoms with Crippen molar-refractivity contribution in [2.45, 2.75) is 6.92 Å². The molecule has 1 aromatic rings. The summed E-state index contributed by atoms with van der Waals surface area (Å²) in [5.41, 5.74) is 0.226. The lowest BCUT2D eigenvalue weighted by Crippen LogP contribution is -2.28. The molecule has 1 amide bonds.